The van der Waals surface area contributed by atoms with Gasteiger partial charge < -0.3 is 15.4 Å². The van der Waals surface area contributed by atoms with Gasteiger partial charge in [-0.1, -0.05) is 51.0 Å². The van der Waals surface area contributed by atoms with Gasteiger partial charge in [-0.15, -0.1) is 0 Å². The normalized spacial score (nSPS) is 16.5. The molecular weight excluding hydrogens is 348 g/mol. The molecule has 0 atom stereocenters. The van der Waals surface area contributed by atoms with Crippen molar-refractivity contribution in [3.8, 4) is 0 Å². The maximum absolute atomic E-state index is 5.35. The van der Waals surface area contributed by atoms with Crippen molar-refractivity contribution in [1.29, 1.82) is 0 Å². The van der Waals surface area contributed by atoms with Crippen LogP contribution in [0.25, 0.3) is 0 Å². The minimum absolute atomic E-state index is 0.355. The third-order valence-electron chi connectivity index (χ3n) is 6.21. The van der Waals surface area contributed by atoms with E-state index < -0.39 is 0 Å². The van der Waals surface area contributed by atoms with Crippen molar-refractivity contribution in [3.05, 3.63) is 35.4 Å². The van der Waals surface area contributed by atoms with E-state index in [9.17, 15) is 0 Å². The molecule has 0 spiro atoms. The number of ether oxygens (including phenoxy) is 1. The average Bonchev–Trinajstić information content (AvgIpc) is 3.20. The van der Waals surface area contributed by atoms with E-state index in [2.05, 4.69) is 58.6 Å². The molecule has 5 nitrogen and oxygen atoms in total. The molecule has 1 saturated carbocycles. The highest BCUT2D eigenvalue weighted by Gasteiger charge is 2.33. The monoisotopic (exact) mass is 388 g/mol. The lowest BCUT2D eigenvalue weighted by molar-refractivity contribution is 0.138. The molecule has 0 saturated heterocycles. The zero-order chi connectivity index (χ0) is 20.2. The highest BCUT2D eigenvalue weighted by atomic mass is 16.5. The van der Waals surface area contributed by atoms with E-state index in [0.717, 1.165) is 51.7 Å². The van der Waals surface area contributed by atoms with Gasteiger partial charge >= 0.3 is 0 Å². The molecule has 158 valence electrons. The van der Waals surface area contributed by atoms with Crippen molar-refractivity contribution in [2.45, 2.75) is 59.0 Å². The van der Waals surface area contributed by atoms with Crippen LogP contribution in [0.3, 0.4) is 0 Å². The van der Waals surface area contributed by atoms with Crippen molar-refractivity contribution in [3.63, 3.8) is 0 Å². The van der Waals surface area contributed by atoms with E-state index in [1.54, 1.807) is 7.11 Å². The number of guanidine groups is 1. The Morgan fingerprint density at radius 1 is 1.11 bits per heavy atom. The average molecular weight is 389 g/mol. The third-order valence-corrected chi connectivity index (χ3v) is 6.21. The van der Waals surface area contributed by atoms with Gasteiger partial charge in [-0.05, 0) is 48.9 Å². The number of rotatable bonds is 11. The first-order valence-electron chi connectivity index (χ1n) is 10.9. The van der Waals surface area contributed by atoms with Crippen LogP contribution in [0.5, 0.6) is 0 Å². The molecule has 2 N–H and O–H groups in total. The fourth-order valence-corrected chi connectivity index (χ4v) is 4.20. The minimum Gasteiger partial charge on any atom is -0.385 e. The predicted octanol–water partition coefficient (Wildman–Crippen LogP) is 3.79. The quantitative estimate of drug-likeness (QED) is 0.447. The smallest absolute Gasteiger partial charge is 0.191 e. The summed E-state index contributed by atoms with van der Waals surface area (Å²) < 4.78 is 5.35. The lowest BCUT2D eigenvalue weighted by Gasteiger charge is -2.30. The SMILES string of the molecule is CCN(CC)Cc1ccccc1CNC(=NC)NCC1(CCOC)CCCC1. The Morgan fingerprint density at radius 3 is 2.39 bits per heavy atom. The summed E-state index contributed by atoms with van der Waals surface area (Å²) in [5.74, 6) is 0.890. The minimum atomic E-state index is 0.355. The predicted molar refractivity (Wildman–Crippen MR) is 119 cm³/mol. The maximum atomic E-state index is 5.35. The Kier molecular flexibility index (Phi) is 9.79. The summed E-state index contributed by atoms with van der Waals surface area (Å²) in [5, 5.41) is 7.11. The largest absolute Gasteiger partial charge is 0.385 e. The summed E-state index contributed by atoms with van der Waals surface area (Å²) in [4.78, 5) is 6.90. The molecule has 2 rings (SSSR count). The zero-order valence-corrected chi connectivity index (χ0v) is 18.4. The summed E-state index contributed by atoms with van der Waals surface area (Å²) in [6.07, 6.45) is 6.35. The first-order chi connectivity index (χ1) is 13.7. The van der Waals surface area contributed by atoms with Crippen LogP contribution in [0.2, 0.25) is 0 Å². The van der Waals surface area contributed by atoms with Gasteiger partial charge in [0, 0.05) is 40.4 Å². The van der Waals surface area contributed by atoms with Gasteiger partial charge in [0.15, 0.2) is 5.96 Å². The molecule has 0 bridgehead atoms. The third kappa shape index (κ3) is 6.78. The standard InChI is InChI=1S/C23H40N4O/c1-5-27(6-2)18-21-12-8-7-11-20(21)17-25-22(24-3)26-19-23(15-16-28-4)13-9-10-14-23/h7-8,11-12H,5-6,9-10,13-19H2,1-4H3,(H2,24,25,26). The lowest BCUT2D eigenvalue weighted by atomic mass is 9.83. The van der Waals surface area contributed by atoms with Crippen molar-refractivity contribution >= 4 is 5.96 Å². The Labute approximate surface area is 171 Å². The molecule has 1 aliphatic carbocycles. The van der Waals surface area contributed by atoms with Crippen LogP contribution in [0.1, 0.15) is 57.1 Å². The van der Waals surface area contributed by atoms with Gasteiger partial charge in [0.05, 0.1) is 0 Å². The van der Waals surface area contributed by atoms with E-state index in [-0.39, 0.29) is 0 Å². The van der Waals surface area contributed by atoms with Gasteiger partial charge in [-0.25, -0.2) is 0 Å². The van der Waals surface area contributed by atoms with E-state index in [0.29, 0.717) is 5.41 Å². The number of aliphatic imine (C=N–C) groups is 1. The van der Waals surface area contributed by atoms with Crippen LogP contribution in [0.15, 0.2) is 29.3 Å². The van der Waals surface area contributed by atoms with Crippen LogP contribution in [-0.2, 0) is 17.8 Å². The Morgan fingerprint density at radius 2 is 1.79 bits per heavy atom. The number of nitrogens with one attached hydrogen (secondary N) is 2. The molecule has 28 heavy (non-hydrogen) atoms. The molecule has 1 fully saturated rings. The van der Waals surface area contributed by atoms with Gasteiger partial charge in [0.2, 0.25) is 0 Å². The van der Waals surface area contributed by atoms with E-state index in [1.165, 1.54) is 36.8 Å². The van der Waals surface area contributed by atoms with Crippen molar-refractivity contribution in [2.24, 2.45) is 10.4 Å². The fraction of sp³-hybridized carbons (Fsp3) is 0.696. The summed E-state index contributed by atoms with van der Waals surface area (Å²) in [6.45, 7) is 10.2. The number of nitrogens with zero attached hydrogens (tertiary/aromatic N) is 2. The van der Waals surface area contributed by atoms with Gasteiger partial charge in [-0.2, -0.15) is 0 Å². The highest BCUT2D eigenvalue weighted by Crippen LogP contribution is 2.40. The molecule has 0 aromatic heterocycles. The molecule has 5 heteroatoms. The van der Waals surface area contributed by atoms with Gasteiger partial charge in [-0.3, -0.25) is 9.89 Å². The number of hydrogen-bond donors (Lipinski definition) is 2. The maximum Gasteiger partial charge on any atom is 0.191 e. The first kappa shape index (κ1) is 22.7. The molecule has 1 aliphatic rings. The molecule has 0 radical (unpaired) electrons. The van der Waals surface area contributed by atoms with Crippen LogP contribution >= 0.6 is 0 Å². The summed E-state index contributed by atoms with van der Waals surface area (Å²) >= 11 is 0. The van der Waals surface area contributed by atoms with Crippen LogP contribution in [-0.4, -0.2) is 51.3 Å². The molecule has 0 aliphatic heterocycles. The highest BCUT2D eigenvalue weighted by molar-refractivity contribution is 5.79. The van der Waals surface area contributed by atoms with Crippen LogP contribution < -0.4 is 10.6 Å². The van der Waals surface area contributed by atoms with E-state index in [4.69, 9.17) is 4.74 Å². The van der Waals surface area contributed by atoms with Crippen molar-refractivity contribution < 1.29 is 4.74 Å². The molecule has 1 aromatic rings. The molecular formula is C23H40N4O. The van der Waals surface area contributed by atoms with E-state index >= 15 is 0 Å². The van der Waals surface area contributed by atoms with Crippen molar-refractivity contribution in [2.75, 3.05) is 40.4 Å². The second kappa shape index (κ2) is 12.1. The molecule has 1 aromatic carbocycles. The zero-order valence-electron chi connectivity index (χ0n) is 18.4. The topological polar surface area (TPSA) is 48.9 Å². The van der Waals surface area contributed by atoms with E-state index in [1.807, 2.05) is 7.05 Å². The summed E-state index contributed by atoms with van der Waals surface area (Å²) in [7, 11) is 3.65. The molecule has 0 heterocycles. The summed E-state index contributed by atoms with van der Waals surface area (Å²) in [6, 6.07) is 8.71. The molecule has 0 unspecified atom stereocenters. The Balaban J connectivity index is 1.92. The van der Waals surface area contributed by atoms with Crippen LogP contribution in [0.4, 0.5) is 0 Å². The summed E-state index contributed by atoms with van der Waals surface area (Å²) in [5.41, 5.74) is 3.09. The first-order valence-corrected chi connectivity index (χ1v) is 10.9. The van der Waals surface area contributed by atoms with Crippen LogP contribution in [0, 0.1) is 5.41 Å². The second-order valence-electron chi connectivity index (χ2n) is 7.96. The van der Waals surface area contributed by atoms with Crippen molar-refractivity contribution in [1.82, 2.24) is 15.5 Å². The van der Waals surface area contributed by atoms with Gasteiger partial charge in [0.1, 0.15) is 0 Å². The molecule has 0 amide bonds. The Hall–Kier alpha value is -1.59. The number of methoxy groups -OCH3 is 1. The Bertz CT molecular complexity index is 592. The fourth-order valence-electron chi connectivity index (χ4n) is 4.20. The second-order valence-corrected chi connectivity index (χ2v) is 7.96. The lowest BCUT2D eigenvalue weighted by Crippen LogP contribution is -2.43. The van der Waals surface area contributed by atoms with Gasteiger partial charge in [0.25, 0.3) is 0 Å². The number of benzene rings is 1. The number of hydrogen-bond acceptors (Lipinski definition) is 3.